The summed E-state index contributed by atoms with van der Waals surface area (Å²) in [4.78, 5) is 18.2. The first kappa shape index (κ1) is 11.9. The van der Waals surface area contributed by atoms with E-state index in [1.165, 1.54) is 12.8 Å². The van der Waals surface area contributed by atoms with Crippen LogP contribution in [-0.2, 0) is 4.79 Å². The summed E-state index contributed by atoms with van der Waals surface area (Å²) in [6, 6.07) is 3.94. The van der Waals surface area contributed by atoms with Crippen molar-refractivity contribution in [3.05, 3.63) is 17.8 Å². The molecular formula is C13H19N3O. The second-order valence-corrected chi connectivity index (χ2v) is 4.40. The lowest BCUT2D eigenvalue weighted by Crippen LogP contribution is -2.19. The van der Waals surface area contributed by atoms with E-state index in [-0.39, 0.29) is 5.91 Å². The molecule has 92 valence electrons. The van der Waals surface area contributed by atoms with Crippen LogP contribution < -0.4 is 10.2 Å². The van der Waals surface area contributed by atoms with Crippen molar-refractivity contribution >= 4 is 17.4 Å². The summed E-state index contributed by atoms with van der Waals surface area (Å²) >= 11 is 0. The zero-order valence-electron chi connectivity index (χ0n) is 10.5. The molecule has 0 radical (unpaired) electrons. The molecule has 1 aromatic heterocycles. The molecule has 0 spiro atoms. The maximum Gasteiger partial charge on any atom is 0.224 e. The van der Waals surface area contributed by atoms with E-state index >= 15 is 0 Å². The molecule has 0 aromatic carbocycles. The highest BCUT2D eigenvalue weighted by Crippen LogP contribution is 2.21. The quantitative estimate of drug-likeness (QED) is 0.871. The van der Waals surface area contributed by atoms with Gasteiger partial charge in [-0.25, -0.2) is 4.98 Å². The lowest BCUT2D eigenvalue weighted by Gasteiger charge is -2.17. The SMILES string of the molecule is CCC(=O)Nc1ccc(N2CCCC2)nc1C. The average Bonchev–Trinajstić information content (AvgIpc) is 2.85. The molecule has 17 heavy (non-hydrogen) atoms. The molecule has 0 atom stereocenters. The number of nitrogens with one attached hydrogen (secondary N) is 1. The smallest absolute Gasteiger partial charge is 0.224 e. The van der Waals surface area contributed by atoms with Gasteiger partial charge in [-0.05, 0) is 31.9 Å². The van der Waals surface area contributed by atoms with Crippen molar-refractivity contribution < 1.29 is 4.79 Å². The molecule has 1 fully saturated rings. The van der Waals surface area contributed by atoms with E-state index in [0.717, 1.165) is 30.3 Å². The Hall–Kier alpha value is -1.58. The summed E-state index contributed by atoms with van der Waals surface area (Å²) in [6.45, 7) is 5.96. The number of amides is 1. The normalized spacial score (nSPS) is 15.1. The minimum Gasteiger partial charge on any atom is -0.357 e. The van der Waals surface area contributed by atoms with Gasteiger partial charge in [-0.15, -0.1) is 0 Å². The van der Waals surface area contributed by atoms with Crippen LogP contribution in [0.3, 0.4) is 0 Å². The Balaban J connectivity index is 2.13. The van der Waals surface area contributed by atoms with E-state index in [1.807, 2.05) is 26.0 Å². The Kier molecular flexibility index (Phi) is 3.61. The number of nitrogens with zero attached hydrogens (tertiary/aromatic N) is 2. The fraction of sp³-hybridized carbons (Fsp3) is 0.538. The standard InChI is InChI=1S/C13H19N3O/c1-3-13(17)15-11-6-7-12(14-10(11)2)16-8-4-5-9-16/h6-7H,3-5,8-9H2,1-2H3,(H,15,17). The Morgan fingerprint density at radius 3 is 2.71 bits per heavy atom. The zero-order chi connectivity index (χ0) is 12.3. The highest BCUT2D eigenvalue weighted by molar-refractivity contribution is 5.91. The van der Waals surface area contributed by atoms with Gasteiger partial charge < -0.3 is 10.2 Å². The number of rotatable bonds is 3. The third kappa shape index (κ3) is 2.75. The van der Waals surface area contributed by atoms with E-state index in [0.29, 0.717) is 6.42 Å². The Morgan fingerprint density at radius 2 is 2.12 bits per heavy atom. The first-order valence-corrected chi connectivity index (χ1v) is 6.23. The lowest BCUT2D eigenvalue weighted by atomic mass is 10.3. The van der Waals surface area contributed by atoms with Crippen molar-refractivity contribution in [1.29, 1.82) is 0 Å². The maximum atomic E-state index is 11.3. The maximum absolute atomic E-state index is 11.3. The Morgan fingerprint density at radius 1 is 1.41 bits per heavy atom. The number of aryl methyl sites for hydroxylation is 1. The van der Waals surface area contributed by atoms with Gasteiger partial charge in [0.1, 0.15) is 5.82 Å². The Bertz CT molecular complexity index is 411. The predicted octanol–water partition coefficient (Wildman–Crippen LogP) is 2.34. The molecule has 4 heteroatoms. The molecule has 4 nitrogen and oxygen atoms in total. The van der Waals surface area contributed by atoms with E-state index in [9.17, 15) is 4.79 Å². The van der Waals surface area contributed by atoms with Gasteiger partial charge in [-0.3, -0.25) is 4.79 Å². The predicted molar refractivity (Wildman–Crippen MR) is 69.3 cm³/mol. The fourth-order valence-corrected chi connectivity index (χ4v) is 2.04. The Labute approximate surface area is 102 Å². The van der Waals surface area contributed by atoms with Crippen molar-refractivity contribution in [3.63, 3.8) is 0 Å². The minimum atomic E-state index is 0.0313. The number of aromatic nitrogens is 1. The number of pyridine rings is 1. The van der Waals surface area contributed by atoms with Crippen LogP contribution in [0.15, 0.2) is 12.1 Å². The molecular weight excluding hydrogens is 214 g/mol. The molecule has 1 saturated heterocycles. The highest BCUT2D eigenvalue weighted by atomic mass is 16.1. The molecule has 2 rings (SSSR count). The van der Waals surface area contributed by atoms with Crippen molar-refractivity contribution in [2.75, 3.05) is 23.3 Å². The summed E-state index contributed by atoms with van der Waals surface area (Å²) in [5.74, 6) is 1.05. The van der Waals surface area contributed by atoms with E-state index < -0.39 is 0 Å². The van der Waals surface area contributed by atoms with Crippen LogP contribution in [0, 0.1) is 6.92 Å². The van der Waals surface area contributed by atoms with Crippen molar-refractivity contribution in [1.82, 2.24) is 4.98 Å². The van der Waals surface area contributed by atoms with Gasteiger partial charge in [0.05, 0.1) is 11.4 Å². The monoisotopic (exact) mass is 233 g/mol. The topological polar surface area (TPSA) is 45.2 Å². The number of carbonyl (C=O) groups is 1. The van der Waals surface area contributed by atoms with Crippen LogP contribution in [0.1, 0.15) is 31.9 Å². The summed E-state index contributed by atoms with van der Waals surface area (Å²) in [7, 11) is 0. The van der Waals surface area contributed by atoms with Gasteiger partial charge in [0.25, 0.3) is 0 Å². The zero-order valence-corrected chi connectivity index (χ0v) is 10.5. The van der Waals surface area contributed by atoms with Gasteiger partial charge in [0.2, 0.25) is 5.91 Å². The summed E-state index contributed by atoms with van der Waals surface area (Å²) in [6.07, 6.45) is 2.98. The molecule has 0 unspecified atom stereocenters. The third-order valence-corrected chi connectivity index (χ3v) is 3.10. The first-order valence-electron chi connectivity index (χ1n) is 6.23. The largest absolute Gasteiger partial charge is 0.357 e. The molecule has 1 amide bonds. The van der Waals surface area contributed by atoms with E-state index in [4.69, 9.17) is 0 Å². The van der Waals surface area contributed by atoms with Crippen molar-refractivity contribution in [2.24, 2.45) is 0 Å². The number of carbonyl (C=O) groups excluding carboxylic acids is 1. The van der Waals surface area contributed by atoms with Crippen LogP contribution in [0.25, 0.3) is 0 Å². The molecule has 0 saturated carbocycles. The number of hydrogen-bond acceptors (Lipinski definition) is 3. The van der Waals surface area contributed by atoms with Gasteiger partial charge in [0.15, 0.2) is 0 Å². The molecule has 0 aliphatic carbocycles. The molecule has 2 heterocycles. The number of hydrogen-bond donors (Lipinski definition) is 1. The molecule has 1 N–H and O–H groups in total. The summed E-state index contributed by atoms with van der Waals surface area (Å²) in [5, 5.41) is 2.86. The van der Waals surface area contributed by atoms with Crippen LogP contribution in [-0.4, -0.2) is 24.0 Å². The molecule has 0 bridgehead atoms. The summed E-state index contributed by atoms with van der Waals surface area (Å²) < 4.78 is 0. The van der Waals surface area contributed by atoms with Crippen molar-refractivity contribution in [2.45, 2.75) is 33.1 Å². The van der Waals surface area contributed by atoms with Crippen LogP contribution in [0.2, 0.25) is 0 Å². The fourth-order valence-electron chi connectivity index (χ4n) is 2.04. The molecule has 1 aromatic rings. The second-order valence-electron chi connectivity index (χ2n) is 4.40. The van der Waals surface area contributed by atoms with E-state index in [1.54, 1.807) is 0 Å². The van der Waals surface area contributed by atoms with Gasteiger partial charge in [-0.1, -0.05) is 6.92 Å². The van der Waals surface area contributed by atoms with Gasteiger partial charge in [-0.2, -0.15) is 0 Å². The van der Waals surface area contributed by atoms with Gasteiger partial charge >= 0.3 is 0 Å². The number of anilines is 2. The van der Waals surface area contributed by atoms with Crippen LogP contribution in [0.4, 0.5) is 11.5 Å². The summed E-state index contributed by atoms with van der Waals surface area (Å²) in [5.41, 5.74) is 1.70. The molecule has 1 aliphatic heterocycles. The second kappa shape index (κ2) is 5.17. The van der Waals surface area contributed by atoms with Gasteiger partial charge in [0, 0.05) is 19.5 Å². The molecule has 1 aliphatic rings. The van der Waals surface area contributed by atoms with Crippen LogP contribution >= 0.6 is 0 Å². The lowest BCUT2D eigenvalue weighted by molar-refractivity contribution is -0.115. The minimum absolute atomic E-state index is 0.0313. The third-order valence-electron chi connectivity index (χ3n) is 3.10. The van der Waals surface area contributed by atoms with Crippen LogP contribution in [0.5, 0.6) is 0 Å². The highest BCUT2D eigenvalue weighted by Gasteiger charge is 2.14. The first-order chi connectivity index (χ1) is 8.20. The van der Waals surface area contributed by atoms with Crippen molar-refractivity contribution in [3.8, 4) is 0 Å². The average molecular weight is 233 g/mol. The van der Waals surface area contributed by atoms with E-state index in [2.05, 4.69) is 15.2 Å².